The first-order valence-electron chi connectivity index (χ1n) is 13.7. The fraction of sp³-hybridized carbons (Fsp3) is 0.667. The van der Waals surface area contributed by atoms with Crippen LogP contribution in [0.25, 0.3) is 0 Å². The van der Waals surface area contributed by atoms with E-state index in [1.807, 2.05) is 0 Å². The summed E-state index contributed by atoms with van der Waals surface area (Å²) in [5, 5.41) is 11.6. The molecule has 3 nitrogen and oxygen atoms in total. The molecule has 5 heterocycles. The molecule has 33 heavy (non-hydrogen) atoms. The zero-order valence-corrected chi connectivity index (χ0v) is 20.5. The number of allylic oxidation sites excluding steroid dienone is 7. The highest BCUT2D eigenvalue weighted by atomic mass is 16.3. The predicted octanol–water partition coefficient (Wildman–Crippen LogP) is 5.66. The van der Waals surface area contributed by atoms with E-state index in [9.17, 15) is 5.11 Å². The van der Waals surface area contributed by atoms with Crippen molar-refractivity contribution in [1.82, 2.24) is 9.80 Å². The minimum atomic E-state index is -0.200. The van der Waals surface area contributed by atoms with Crippen molar-refractivity contribution in [2.24, 2.45) is 17.3 Å². The number of rotatable bonds is 0. The van der Waals surface area contributed by atoms with Gasteiger partial charge in [0.1, 0.15) is 0 Å². The summed E-state index contributed by atoms with van der Waals surface area (Å²) in [6, 6.07) is 0.510. The van der Waals surface area contributed by atoms with Crippen molar-refractivity contribution in [2.45, 2.75) is 76.4 Å². The molecule has 2 saturated heterocycles. The van der Waals surface area contributed by atoms with Crippen LogP contribution in [0.4, 0.5) is 0 Å². The standard InChI is InChI=1S/C30H44N2O/c33-27-23-31-19-15-11-7-4-2-1-3-5-9-13-17-25-21-26-22-32-20-16-12-8-6-10-14-18-30(24-31,28(26)27)29(25)32/h1-2,5-7,9-11,21,26-29,33H,3-4,8,12-20,22-24H2/b2-1-,9-5-,10-6-,11-7-/t26-,27+,28+,29-,30-/m1/s1. The summed E-state index contributed by atoms with van der Waals surface area (Å²) in [6.07, 6.45) is 33.0. The molecule has 2 unspecified atom stereocenters. The van der Waals surface area contributed by atoms with Gasteiger partial charge in [0.25, 0.3) is 0 Å². The number of hydrogen-bond acceptors (Lipinski definition) is 3. The van der Waals surface area contributed by atoms with E-state index in [0.717, 1.165) is 58.3 Å². The lowest BCUT2D eigenvalue weighted by atomic mass is 9.51. The van der Waals surface area contributed by atoms with Gasteiger partial charge in [-0.25, -0.2) is 0 Å². The molecular weight excluding hydrogens is 404 g/mol. The van der Waals surface area contributed by atoms with E-state index in [2.05, 4.69) is 64.5 Å². The third-order valence-corrected chi connectivity index (χ3v) is 8.90. The molecule has 0 saturated carbocycles. The monoisotopic (exact) mass is 448 g/mol. The van der Waals surface area contributed by atoms with E-state index in [1.54, 1.807) is 5.57 Å². The van der Waals surface area contributed by atoms with Crippen LogP contribution in [0.15, 0.2) is 60.3 Å². The van der Waals surface area contributed by atoms with Gasteiger partial charge in [-0.3, -0.25) is 9.80 Å². The Labute approximate surface area is 201 Å². The molecule has 0 aromatic carbocycles. The van der Waals surface area contributed by atoms with Crippen LogP contribution in [-0.2, 0) is 0 Å². The Hall–Kier alpha value is -1.42. The molecule has 7 atom stereocenters. The SMILES string of the molecule is O[C@H]1CN2CC/C=C\C/C=C\C/C=C\CCC3=C[C@@H]4CN5CCCC/C=C\CC[C@@](C2)([C@@H]41)[C@@H]35. The minimum Gasteiger partial charge on any atom is -0.391 e. The van der Waals surface area contributed by atoms with Crippen LogP contribution in [-0.4, -0.2) is 59.8 Å². The second-order valence-electron chi connectivity index (χ2n) is 11.1. The molecule has 180 valence electrons. The largest absolute Gasteiger partial charge is 0.391 e. The van der Waals surface area contributed by atoms with Crippen LogP contribution in [0.3, 0.4) is 0 Å². The zero-order valence-electron chi connectivity index (χ0n) is 20.5. The van der Waals surface area contributed by atoms with E-state index >= 15 is 0 Å². The van der Waals surface area contributed by atoms with Crippen molar-refractivity contribution in [3.8, 4) is 0 Å². The van der Waals surface area contributed by atoms with Gasteiger partial charge in [-0.2, -0.15) is 0 Å². The van der Waals surface area contributed by atoms with Gasteiger partial charge in [-0.1, -0.05) is 60.3 Å². The summed E-state index contributed by atoms with van der Waals surface area (Å²) >= 11 is 0. The third kappa shape index (κ3) is 5.01. The van der Waals surface area contributed by atoms with Gasteiger partial charge in [-0.05, 0) is 76.7 Å². The minimum absolute atomic E-state index is 0.183. The van der Waals surface area contributed by atoms with Gasteiger partial charge in [0.05, 0.1) is 6.10 Å². The Morgan fingerprint density at radius 3 is 2.42 bits per heavy atom. The van der Waals surface area contributed by atoms with Crippen molar-refractivity contribution in [3.63, 3.8) is 0 Å². The Morgan fingerprint density at radius 2 is 1.55 bits per heavy atom. The second kappa shape index (κ2) is 10.9. The Balaban J connectivity index is 1.51. The molecule has 0 amide bonds. The first-order valence-corrected chi connectivity index (χ1v) is 13.7. The summed E-state index contributed by atoms with van der Waals surface area (Å²) in [7, 11) is 0. The van der Waals surface area contributed by atoms with Crippen LogP contribution in [0, 0.1) is 17.3 Å². The van der Waals surface area contributed by atoms with E-state index in [-0.39, 0.29) is 11.5 Å². The average Bonchev–Trinajstić information content (AvgIpc) is 2.83. The summed E-state index contributed by atoms with van der Waals surface area (Å²) in [5.74, 6) is 0.936. The number of nitrogens with zero attached hydrogens (tertiary/aromatic N) is 2. The molecule has 0 aromatic rings. The molecule has 1 N–H and O–H groups in total. The average molecular weight is 449 g/mol. The maximum Gasteiger partial charge on any atom is 0.0707 e. The fourth-order valence-corrected chi connectivity index (χ4v) is 7.75. The molecule has 1 spiro atoms. The molecule has 3 heteroatoms. The zero-order chi connectivity index (χ0) is 22.5. The maximum absolute atomic E-state index is 11.6. The molecule has 1 aliphatic carbocycles. The molecule has 5 aliphatic heterocycles. The number of piperidine rings is 2. The normalized spacial score (nSPS) is 45.8. The van der Waals surface area contributed by atoms with Gasteiger partial charge in [0.2, 0.25) is 0 Å². The Bertz CT molecular complexity index is 808. The smallest absolute Gasteiger partial charge is 0.0707 e. The van der Waals surface area contributed by atoms with Crippen LogP contribution < -0.4 is 0 Å². The van der Waals surface area contributed by atoms with Crippen molar-refractivity contribution in [2.75, 3.05) is 32.7 Å². The molecular formula is C30H44N2O. The third-order valence-electron chi connectivity index (χ3n) is 8.90. The van der Waals surface area contributed by atoms with Crippen LogP contribution in [0.2, 0.25) is 0 Å². The second-order valence-corrected chi connectivity index (χ2v) is 11.1. The molecule has 2 fully saturated rings. The summed E-state index contributed by atoms with van der Waals surface area (Å²) in [6.45, 7) is 5.46. The first kappa shape index (κ1) is 23.3. The molecule has 0 radical (unpaired) electrons. The number of aliphatic hydroxyl groups is 1. The van der Waals surface area contributed by atoms with Gasteiger partial charge in [0, 0.05) is 43.6 Å². The topological polar surface area (TPSA) is 26.7 Å². The molecule has 0 aromatic heterocycles. The lowest BCUT2D eigenvalue weighted by Gasteiger charge is -2.65. The lowest BCUT2D eigenvalue weighted by molar-refractivity contribution is -0.159. The van der Waals surface area contributed by atoms with Gasteiger partial charge < -0.3 is 5.11 Å². The Kier molecular flexibility index (Phi) is 7.69. The predicted molar refractivity (Wildman–Crippen MR) is 138 cm³/mol. The Morgan fingerprint density at radius 1 is 0.788 bits per heavy atom. The highest BCUT2D eigenvalue weighted by molar-refractivity contribution is 5.31. The van der Waals surface area contributed by atoms with Crippen LogP contribution in [0.1, 0.15) is 64.2 Å². The van der Waals surface area contributed by atoms with Crippen molar-refractivity contribution < 1.29 is 5.11 Å². The van der Waals surface area contributed by atoms with Crippen molar-refractivity contribution in [3.05, 3.63) is 60.3 Å². The maximum atomic E-state index is 11.6. The fourth-order valence-electron chi connectivity index (χ4n) is 7.75. The van der Waals surface area contributed by atoms with Crippen molar-refractivity contribution in [1.29, 1.82) is 0 Å². The lowest BCUT2D eigenvalue weighted by Crippen LogP contribution is -2.72. The quantitative estimate of drug-likeness (QED) is 0.485. The van der Waals surface area contributed by atoms with E-state index < -0.39 is 0 Å². The van der Waals surface area contributed by atoms with Crippen molar-refractivity contribution >= 4 is 0 Å². The van der Waals surface area contributed by atoms with Gasteiger partial charge >= 0.3 is 0 Å². The van der Waals surface area contributed by atoms with Gasteiger partial charge in [0.15, 0.2) is 0 Å². The number of hydrogen-bond donors (Lipinski definition) is 1. The van der Waals surface area contributed by atoms with Gasteiger partial charge in [-0.15, -0.1) is 0 Å². The number of fused-ring (bicyclic) bond motifs is 1. The van der Waals surface area contributed by atoms with Crippen LogP contribution >= 0.6 is 0 Å². The summed E-state index contributed by atoms with van der Waals surface area (Å²) in [4.78, 5) is 5.47. The molecule has 6 bridgehead atoms. The van der Waals surface area contributed by atoms with E-state index in [4.69, 9.17) is 0 Å². The van der Waals surface area contributed by atoms with E-state index in [0.29, 0.717) is 17.9 Å². The first-order chi connectivity index (χ1) is 16.3. The summed E-state index contributed by atoms with van der Waals surface area (Å²) in [5.41, 5.74) is 1.87. The molecule has 6 rings (SSSR count). The highest BCUT2D eigenvalue weighted by Gasteiger charge is 2.61. The van der Waals surface area contributed by atoms with E-state index in [1.165, 1.54) is 38.6 Å². The highest BCUT2D eigenvalue weighted by Crippen LogP contribution is 2.57. The molecule has 6 aliphatic rings. The van der Waals surface area contributed by atoms with Crippen LogP contribution in [0.5, 0.6) is 0 Å². The summed E-state index contributed by atoms with van der Waals surface area (Å²) < 4.78 is 0. The number of aliphatic hydroxyl groups excluding tert-OH is 1.